The summed E-state index contributed by atoms with van der Waals surface area (Å²) in [6, 6.07) is 20.1. The Morgan fingerprint density at radius 1 is 0.968 bits per heavy atom. The third-order valence-electron chi connectivity index (χ3n) is 6.23. The molecule has 2 aliphatic heterocycles. The van der Waals surface area contributed by atoms with E-state index in [1.54, 1.807) is 0 Å². The number of aliphatic imine (C=N–C) groups is 1. The molecular weight excluding hydrogens is 386 g/mol. The van der Waals surface area contributed by atoms with Crippen molar-refractivity contribution >= 4 is 11.6 Å². The molecule has 0 aliphatic carbocycles. The van der Waals surface area contributed by atoms with Crippen LogP contribution in [0.2, 0.25) is 0 Å². The molecule has 1 atom stereocenters. The van der Waals surface area contributed by atoms with Crippen LogP contribution in [-0.2, 0) is 17.8 Å². The Hall–Kier alpha value is -2.57. The molecule has 31 heavy (non-hydrogen) atoms. The number of nitrogens with zero attached hydrogens (tertiary/aromatic N) is 3. The first-order valence-electron chi connectivity index (χ1n) is 11.5. The van der Waals surface area contributed by atoms with Gasteiger partial charge in [0.1, 0.15) is 0 Å². The molecule has 2 aromatic rings. The summed E-state index contributed by atoms with van der Waals surface area (Å²) < 4.78 is 5.44. The highest BCUT2D eigenvalue weighted by Crippen LogP contribution is 2.19. The minimum atomic E-state index is 0.548. The molecule has 2 saturated heterocycles. The first kappa shape index (κ1) is 21.7. The van der Waals surface area contributed by atoms with Gasteiger partial charge in [-0.25, -0.2) is 0 Å². The number of nitrogens with one attached hydrogen (secondary N) is 2. The van der Waals surface area contributed by atoms with E-state index in [-0.39, 0.29) is 0 Å². The number of hydrogen-bond donors (Lipinski definition) is 2. The van der Waals surface area contributed by atoms with Gasteiger partial charge in [0.2, 0.25) is 0 Å². The van der Waals surface area contributed by atoms with E-state index in [1.807, 2.05) is 7.05 Å². The van der Waals surface area contributed by atoms with Crippen molar-refractivity contribution in [2.45, 2.75) is 32.0 Å². The first-order chi connectivity index (χ1) is 15.3. The molecule has 4 rings (SSSR count). The SMILES string of the molecule is CN=C(NCc1ccc(N2CCOCC2)cc1)NCC1CCCN1Cc1ccccc1. The second kappa shape index (κ2) is 11.2. The molecule has 0 aromatic heterocycles. The molecule has 0 bridgehead atoms. The zero-order valence-corrected chi connectivity index (χ0v) is 18.6. The highest BCUT2D eigenvalue weighted by atomic mass is 16.5. The Morgan fingerprint density at radius 3 is 2.48 bits per heavy atom. The van der Waals surface area contributed by atoms with Crippen molar-refractivity contribution < 1.29 is 4.74 Å². The van der Waals surface area contributed by atoms with Gasteiger partial charge in [0.25, 0.3) is 0 Å². The van der Waals surface area contributed by atoms with Crippen LogP contribution in [0, 0.1) is 0 Å². The summed E-state index contributed by atoms with van der Waals surface area (Å²) in [5.41, 5.74) is 3.92. The fraction of sp³-hybridized carbons (Fsp3) is 0.480. The van der Waals surface area contributed by atoms with Crippen LogP contribution in [0.5, 0.6) is 0 Å². The Kier molecular flexibility index (Phi) is 7.80. The molecule has 2 N–H and O–H groups in total. The van der Waals surface area contributed by atoms with Crippen LogP contribution >= 0.6 is 0 Å². The number of rotatable bonds is 7. The van der Waals surface area contributed by atoms with Crippen molar-refractivity contribution in [2.24, 2.45) is 4.99 Å². The van der Waals surface area contributed by atoms with Crippen molar-refractivity contribution in [3.8, 4) is 0 Å². The van der Waals surface area contributed by atoms with Gasteiger partial charge in [-0.3, -0.25) is 9.89 Å². The summed E-state index contributed by atoms with van der Waals surface area (Å²) in [6.07, 6.45) is 2.50. The van der Waals surface area contributed by atoms with E-state index in [2.05, 4.69) is 80.0 Å². The quantitative estimate of drug-likeness (QED) is 0.532. The van der Waals surface area contributed by atoms with Crippen molar-refractivity contribution in [2.75, 3.05) is 51.3 Å². The fourth-order valence-corrected chi connectivity index (χ4v) is 4.42. The van der Waals surface area contributed by atoms with Gasteiger partial charge in [-0.2, -0.15) is 0 Å². The fourth-order valence-electron chi connectivity index (χ4n) is 4.42. The van der Waals surface area contributed by atoms with E-state index in [0.717, 1.165) is 51.9 Å². The van der Waals surface area contributed by atoms with Gasteiger partial charge in [-0.15, -0.1) is 0 Å². The number of ether oxygens (including phenoxy) is 1. The summed E-state index contributed by atoms with van der Waals surface area (Å²) in [5, 5.41) is 7.00. The van der Waals surface area contributed by atoms with Gasteiger partial charge in [0.05, 0.1) is 13.2 Å². The topological polar surface area (TPSA) is 52.1 Å². The lowest BCUT2D eigenvalue weighted by molar-refractivity contribution is 0.122. The van der Waals surface area contributed by atoms with Crippen molar-refractivity contribution in [1.29, 1.82) is 0 Å². The smallest absolute Gasteiger partial charge is 0.191 e. The van der Waals surface area contributed by atoms with E-state index in [9.17, 15) is 0 Å². The van der Waals surface area contributed by atoms with Gasteiger partial charge >= 0.3 is 0 Å². The summed E-state index contributed by atoms with van der Waals surface area (Å²) in [4.78, 5) is 9.38. The average molecular weight is 422 g/mol. The lowest BCUT2D eigenvalue weighted by Gasteiger charge is -2.29. The van der Waals surface area contributed by atoms with Gasteiger partial charge < -0.3 is 20.3 Å². The average Bonchev–Trinajstić information content (AvgIpc) is 3.27. The molecule has 2 fully saturated rings. The number of anilines is 1. The van der Waals surface area contributed by atoms with Crippen LogP contribution in [0.15, 0.2) is 59.6 Å². The second-order valence-corrected chi connectivity index (χ2v) is 8.32. The maximum atomic E-state index is 5.44. The minimum absolute atomic E-state index is 0.548. The number of hydrogen-bond acceptors (Lipinski definition) is 4. The Morgan fingerprint density at radius 2 is 1.74 bits per heavy atom. The van der Waals surface area contributed by atoms with E-state index in [0.29, 0.717) is 6.04 Å². The summed E-state index contributed by atoms with van der Waals surface area (Å²) in [7, 11) is 1.84. The Labute approximate surface area is 186 Å². The zero-order valence-electron chi connectivity index (χ0n) is 18.6. The van der Waals surface area contributed by atoms with Crippen molar-refractivity contribution in [3.05, 3.63) is 65.7 Å². The number of likely N-dealkylation sites (tertiary alicyclic amines) is 1. The highest BCUT2D eigenvalue weighted by Gasteiger charge is 2.24. The van der Waals surface area contributed by atoms with E-state index < -0.39 is 0 Å². The monoisotopic (exact) mass is 421 g/mol. The maximum Gasteiger partial charge on any atom is 0.191 e. The van der Waals surface area contributed by atoms with Gasteiger partial charge in [-0.1, -0.05) is 42.5 Å². The van der Waals surface area contributed by atoms with E-state index in [4.69, 9.17) is 4.74 Å². The Balaban J connectivity index is 1.23. The van der Waals surface area contributed by atoms with Crippen LogP contribution in [0.1, 0.15) is 24.0 Å². The molecular formula is C25H35N5O. The molecule has 166 valence electrons. The number of benzene rings is 2. The first-order valence-corrected chi connectivity index (χ1v) is 11.5. The molecule has 0 saturated carbocycles. The molecule has 0 spiro atoms. The molecule has 2 aliphatic rings. The molecule has 2 aromatic carbocycles. The normalized spacial score (nSPS) is 20.1. The third-order valence-corrected chi connectivity index (χ3v) is 6.23. The van der Waals surface area contributed by atoms with E-state index in [1.165, 1.54) is 36.2 Å². The largest absolute Gasteiger partial charge is 0.378 e. The maximum absolute atomic E-state index is 5.44. The predicted molar refractivity (Wildman–Crippen MR) is 128 cm³/mol. The van der Waals surface area contributed by atoms with Gasteiger partial charge in [-0.05, 0) is 42.6 Å². The second-order valence-electron chi connectivity index (χ2n) is 8.32. The van der Waals surface area contributed by atoms with Gasteiger partial charge in [0, 0.05) is 51.5 Å². The summed E-state index contributed by atoms with van der Waals surface area (Å²) in [5.74, 6) is 0.865. The molecule has 6 heteroatoms. The minimum Gasteiger partial charge on any atom is -0.378 e. The van der Waals surface area contributed by atoms with Gasteiger partial charge in [0.15, 0.2) is 5.96 Å². The number of morpholine rings is 1. The van der Waals surface area contributed by atoms with Crippen LogP contribution < -0.4 is 15.5 Å². The lowest BCUT2D eigenvalue weighted by Crippen LogP contribution is -2.44. The van der Waals surface area contributed by atoms with Crippen LogP contribution in [0.4, 0.5) is 5.69 Å². The zero-order chi connectivity index (χ0) is 21.3. The third kappa shape index (κ3) is 6.21. The molecule has 1 unspecified atom stereocenters. The van der Waals surface area contributed by atoms with Crippen LogP contribution in [-0.4, -0.2) is 63.3 Å². The van der Waals surface area contributed by atoms with E-state index >= 15 is 0 Å². The summed E-state index contributed by atoms with van der Waals surface area (Å²) >= 11 is 0. The predicted octanol–water partition coefficient (Wildman–Crippen LogP) is 2.85. The van der Waals surface area contributed by atoms with Crippen LogP contribution in [0.3, 0.4) is 0 Å². The number of guanidine groups is 1. The molecule has 6 nitrogen and oxygen atoms in total. The molecule has 0 amide bonds. The standard InChI is InChI=1S/C25H35N5O/c1-26-25(27-18-21-9-11-23(12-10-21)29-14-16-31-17-15-29)28-19-24-8-5-13-30(24)20-22-6-3-2-4-7-22/h2-4,6-7,9-12,24H,5,8,13-20H2,1H3,(H2,26,27,28). The van der Waals surface area contributed by atoms with Crippen molar-refractivity contribution in [3.63, 3.8) is 0 Å². The molecule has 2 heterocycles. The van der Waals surface area contributed by atoms with Crippen molar-refractivity contribution in [1.82, 2.24) is 15.5 Å². The highest BCUT2D eigenvalue weighted by molar-refractivity contribution is 5.79. The molecule has 0 radical (unpaired) electrons. The summed E-state index contributed by atoms with van der Waals surface area (Å²) in [6.45, 7) is 7.44. The lowest BCUT2D eigenvalue weighted by atomic mass is 10.2. The Bertz CT molecular complexity index is 818. The van der Waals surface area contributed by atoms with Crippen LogP contribution in [0.25, 0.3) is 0 Å².